The van der Waals surface area contributed by atoms with Crippen LogP contribution in [-0.4, -0.2) is 57.9 Å². The third kappa shape index (κ3) is 6.67. The summed E-state index contributed by atoms with van der Waals surface area (Å²) >= 11 is 6.06. The smallest absolute Gasteiger partial charge is 0.275 e. The molecule has 1 amide bonds. The van der Waals surface area contributed by atoms with Gasteiger partial charge in [0, 0.05) is 23.9 Å². The SMILES string of the molecule is CC(C)OCCCNC(=O)C[NH+]1CCN(c2cccc(Cl)c2)CC1. The van der Waals surface area contributed by atoms with Crippen LogP contribution in [0.4, 0.5) is 5.69 Å². The summed E-state index contributed by atoms with van der Waals surface area (Å²) < 4.78 is 5.46. The average Bonchev–Trinajstić information content (AvgIpc) is 2.55. The zero-order valence-corrected chi connectivity index (χ0v) is 15.4. The number of rotatable bonds is 8. The molecule has 0 atom stereocenters. The number of benzene rings is 1. The fourth-order valence-electron chi connectivity index (χ4n) is 2.84. The van der Waals surface area contributed by atoms with Gasteiger partial charge in [0.2, 0.25) is 0 Å². The van der Waals surface area contributed by atoms with Crippen LogP contribution in [0, 0.1) is 0 Å². The molecule has 6 heteroatoms. The molecule has 5 nitrogen and oxygen atoms in total. The van der Waals surface area contributed by atoms with E-state index in [2.05, 4.69) is 16.3 Å². The van der Waals surface area contributed by atoms with Crippen molar-refractivity contribution in [2.24, 2.45) is 0 Å². The van der Waals surface area contributed by atoms with Gasteiger partial charge in [-0.15, -0.1) is 0 Å². The molecule has 2 rings (SSSR count). The summed E-state index contributed by atoms with van der Waals surface area (Å²) in [6.07, 6.45) is 1.11. The predicted molar refractivity (Wildman–Crippen MR) is 97.9 cm³/mol. The third-order valence-corrected chi connectivity index (χ3v) is 4.38. The fraction of sp³-hybridized carbons (Fsp3) is 0.611. The fourth-order valence-corrected chi connectivity index (χ4v) is 3.02. The van der Waals surface area contributed by atoms with Gasteiger partial charge >= 0.3 is 0 Å². The molecule has 1 aliphatic heterocycles. The van der Waals surface area contributed by atoms with Gasteiger partial charge in [0.05, 0.1) is 32.3 Å². The van der Waals surface area contributed by atoms with Crippen molar-refractivity contribution in [1.29, 1.82) is 0 Å². The second-order valence-electron chi connectivity index (χ2n) is 6.52. The van der Waals surface area contributed by atoms with Crippen LogP contribution in [0.15, 0.2) is 24.3 Å². The molecule has 24 heavy (non-hydrogen) atoms. The van der Waals surface area contributed by atoms with E-state index in [-0.39, 0.29) is 12.0 Å². The first-order valence-corrected chi connectivity index (χ1v) is 9.15. The molecule has 0 aromatic heterocycles. The largest absolute Gasteiger partial charge is 0.379 e. The van der Waals surface area contributed by atoms with Gasteiger partial charge in [-0.3, -0.25) is 4.79 Å². The minimum Gasteiger partial charge on any atom is -0.379 e. The molecule has 1 heterocycles. The van der Waals surface area contributed by atoms with E-state index >= 15 is 0 Å². The second-order valence-corrected chi connectivity index (χ2v) is 6.95. The molecule has 0 bridgehead atoms. The molecular formula is C18H29ClN3O2+. The van der Waals surface area contributed by atoms with E-state index in [1.54, 1.807) is 0 Å². The van der Waals surface area contributed by atoms with Crippen molar-refractivity contribution in [3.63, 3.8) is 0 Å². The summed E-state index contributed by atoms with van der Waals surface area (Å²) in [7, 11) is 0. The van der Waals surface area contributed by atoms with Crippen LogP contribution in [0.5, 0.6) is 0 Å². The summed E-state index contributed by atoms with van der Waals surface area (Å²) in [5, 5.41) is 3.75. The lowest BCUT2D eigenvalue weighted by molar-refractivity contribution is -0.892. The van der Waals surface area contributed by atoms with Crippen molar-refractivity contribution in [3.8, 4) is 0 Å². The molecule has 0 unspecified atom stereocenters. The van der Waals surface area contributed by atoms with E-state index in [1.165, 1.54) is 4.90 Å². The van der Waals surface area contributed by atoms with Gasteiger partial charge in [-0.2, -0.15) is 0 Å². The lowest BCUT2D eigenvalue weighted by Crippen LogP contribution is -3.15. The van der Waals surface area contributed by atoms with E-state index in [0.29, 0.717) is 19.7 Å². The number of carbonyl (C=O) groups excluding carboxylic acids is 1. The summed E-state index contributed by atoms with van der Waals surface area (Å²) in [5.74, 6) is 0.130. The number of anilines is 1. The minimum atomic E-state index is 0.130. The van der Waals surface area contributed by atoms with E-state index in [1.807, 2.05) is 32.0 Å². The molecule has 1 saturated heterocycles. The highest BCUT2D eigenvalue weighted by Crippen LogP contribution is 2.19. The Morgan fingerprint density at radius 2 is 2.12 bits per heavy atom. The van der Waals surface area contributed by atoms with Gasteiger partial charge < -0.3 is 19.9 Å². The molecule has 1 aliphatic rings. The highest BCUT2D eigenvalue weighted by Gasteiger charge is 2.22. The Labute approximate surface area is 149 Å². The summed E-state index contributed by atoms with van der Waals surface area (Å²) in [6, 6.07) is 7.96. The van der Waals surface area contributed by atoms with Crippen LogP contribution in [0.3, 0.4) is 0 Å². The van der Waals surface area contributed by atoms with Gasteiger partial charge in [-0.1, -0.05) is 17.7 Å². The number of halogens is 1. The number of amides is 1. The molecule has 134 valence electrons. The molecule has 0 radical (unpaired) electrons. The summed E-state index contributed by atoms with van der Waals surface area (Å²) in [5.41, 5.74) is 1.16. The number of piperazine rings is 1. The quantitative estimate of drug-likeness (QED) is 0.684. The Hall–Kier alpha value is -1.30. The van der Waals surface area contributed by atoms with E-state index in [4.69, 9.17) is 16.3 Å². The van der Waals surface area contributed by atoms with Crippen molar-refractivity contribution < 1.29 is 14.4 Å². The molecule has 0 aliphatic carbocycles. The van der Waals surface area contributed by atoms with E-state index in [9.17, 15) is 4.79 Å². The molecule has 1 aromatic rings. The highest BCUT2D eigenvalue weighted by atomic mass is 35.5. The van der Waals surface area contributed by atoms with Crippen LogP contribution < -0.4 is 15.1 Å². The number of nitrogens with one attached hydrogen (secondary N) is 2. The maximum Gasteiger partial charge on any atom is 0.275 e. The van der Waals surface area contributed by atoms with Gasteiger partial charge in [0.1, 0.15) is 0 Å². The monoisotopic (exact) mass is 354 g/mol. The molecular weight excluding hydrogens is 326 g/mol. The normalized spacial score (nSPS) is 15.8. The second kappa shape index (κ2) is 9.87. The number of quaternary nitrogens is 1. The van der Waals surface area contributed by atoms with E-state index < -0.39 is 0 Å². The lowest BCUT2D eigenvalue weighted by Gasteiger charge is -2.33. The number of hydrogen-bond donors (Lipinski definition) is 2. The highest BCUT2D eigenvalue weighted by molar-refractivity contribution is 6.30. The molecule has 0 spiro atoms. The van der Waals surface area contributed by atoms with Gasteiger partial charge in [-0.05, 0) is 38.5 Å². The van der Waals surface area contributed by atoms with Crippen LogP contribution >= 0.6 is 11.6 Å². The Morgan fingerprint density at radius 3 is 2.79 bits per heavy atom. The van der Waals surface area contributed by atoms with Crippen LogP contribution in [0.25, 0.3) is 0 Å². The van der Waals surface area contributed by atoms with Crippen LogP contribution in [0.1, 0.15) is 20.3 Å². The first-order chi connectivity index (χ1) is 11.5. The van der Waals surface area contributed by atoms with Gasteiger partial charge in [0.25, 0.3) is 5.91 Å². The maximum atomic E-state index is 12.0. The predicted octanol–water partition coefficient (Wildman–Crippen LogP) is 0.976. The molecule has 2 N–H and O–H groups in total. The van der Waals surface area contributed by atoms with Crippen molar-refractivity contribution >= 4 is 23.2 Å². The number of nitrogens with zero attached hydrogens (tertiary/aromatic N) is 1. The Kier molecular flexibility index (Phi) is 7.82. The van der Waals surface area contributed by atoms with Crippen molar-refractivity contribution in [2.45, 2.75) is 26.4 Å². The zero-order valence-electron chi connectivity index (χ0n) is 14.7. The Morgan fingerprint density at radius 1 is 1.38 bits per heavy atom. The Balaban J connectivity index is 1.63. The maximum absolute atomic E-state index is 12.0. The number of carbonyl (C=O) groups is 1. The zero-order chi connectivity index (χ0) is 17.4. The average molecular weight is 355 g/mol. The van der Waals surface area contributed by atoms with E-state index in [0.717, 1.165) is 43.3 Å². The molecule has 1 aromatic carbocycles. The number of hydrogen-bond acceptors (Lipinski definition) is 3. The summed E-state index contributed by atoms with van der Waals surface area (Å²) in [6.45, 7) is 9.81. The topological polar surface area (TPSA) is 46.0 Å². The lowest BCUT2D eigenvalue weighted by atomic mass is 10.2. The van der Waals surface area contributed by atoms with Crippen LogP contribution in [0.2, 0.25) is 5.02 Å². The molecule has 1 fully saturated rings. The van der Waals surface area contributed by atoms with Crippen molar-refractivity contribution in [3.05, 3.63) is 29.3 Å². The van der Waals surface area contributed by atoms with Gasteiger partial charge in [-0.25, -0.2) is 0 Å². The first-order valence-electron chi connectivity index (χ1n) is 8.77. The first kappa shape index (κ1) is 19.0. The number of ether oxygens (including phenoxy) is 1. The molecule has 0 saturated carbocycles. The Bertz CT molecular complexity index is 517. The van der Waals surface area contributed by atoms with Gasteiger partial charge in [0.15, 0.2) is 6.54 Å². The van der Waals surface area contributed by atoms with Crippen LogP contribution in [-0.2, 0) is 9.53 Å². The third-order valence-electron chi connectivity index (χ3n) is 4.15. The standard InChI is InChI=1S/C18H28ClN3O2/c1-15(2)24-12-4-7-20-18(23)14-21-8-10-22(11-9-21)17-6-3-5-16(19)13-17/h3,5-6,13,15H,4,7-12,14H2,1-2H3,(H,20,23)/p+1. The minimum absolute atomic E-state index is 0.130. The van der Waals surface area contributed by atoms with Crippen molar-refractivity contribution in [1.82, 2.24) is 5.32 Å². The van der Waals surface area contributed by atoms with Crippen molar-refractivity contribution in [2.75, 3.05) is 50.8 Å². The summed E-state index contributed by atoms with van der Waals surface area (Å²) in [4.78, 5) is 15.7.